The normalized spacial score (nSPS) is 47.9. The Morgan fingerprint density at radius 1 is 1.33 bits per heavy atom. The number of hydrogen-bond acceptors (Lipinski definition) is 0. The molecule has 2 rings (SSSR count). The van der Waals surface area contributed by atoms with Gasteiger partial charge in [-0.3, -0.25) is 0 Å². The fraction of sp³-hybridized carbons (Fsp3) is 0.778. The summed E-state index contributed by atoms with van der Waals surface area (Å²) in [5.41, 5.74) is 0. The summed E-state index contributed by atoms with van der Waals surface area (Å²) in [6.07, 6.45) is 9.13. The molecule has 0 aromatic rings. The lowest BCUT2D eigenvalue weighted by atomic mass is 9.94. The molecule has 0 heterocycles. The zero-order chi connectivity index (χ0) is 6.27. The predicted molar refractivity (Wildman–Crippen MR) is 39.1 cm³/mol. The van der Waals surface area contributed by atoms with Gasteiger partial charge in [0.1, 0.15) is 0 Å². The molecule has 3 unspecified atom stereocenters. The maximum Gasteiger partial charge on any atom is -0.0205 e. The van der Waals surface area contributed by atoms with Crippen LogP contribution in [0, 0.1) is 17.8 Å². The molecule has 1 saturated carbocycles. The Morgan fingerprint density at radius 3 is 2.89 bits per heavy atom. The molecule has 0 spiro atoms. The molecule has 2 aliphatic rings. The predicted octanol–water partition coefficient (Wildman–Crippen LogP) is 2.61. The van der Waals surface area contributed by atoms with Crippen LogP contribution in [0.15, 0.2) is 12.2 Å². The molecule has 0 aromatic heterocycles. The van der Waals surface area contributed by atoms with Gasteiger partial charge < -0.3 is 0 Å². The second kappa shape index (κ2) is 1.86. The van der Waals surface area contributed by atoms with Crippen molar-refractivity contribution in [1.82, 2.24) is 0 Å². The van der Waals surface area contributed by atoms with Crippen LogP contribution in [0.2, 0.25) is 0 Å². The van der Waals surface area contributed by atoms with Crippen LogP contribution >= 0.6 is 0 Å². The number of rotatable bonds is 0. The molecule has 2 aliphatic carbocycles. The first-order valence-electron chi connectivity index (χ1n) is 4.03. The van der Waals surface area contributed by atoms with Gasteiger partial charge >= 0.3 is 0 Å². The van der Waals surface area contributed by atoms with E-state index in [9.17, 15) is 0 Å². The second-order valence-corrected chi connectivity index (χ2v) is 3.64. The minimum absolute atomic E-state index is 0.948. The number of allylic oxidation sites excluding steroid dienone is 2. The van der Waals surface area contributed by atoms with Gasteiger partial charge in [0.25, 0.3) is 0 Å². The summed E-state index contributed by atoms with van der Waals surface area (Å²) in [5, 5.41) is 0. The van der Waals surface area contributed by atoms with Crippen LogP contribution in [0.3, 0.4) is 0 Å². The Bertz CT molecular complexity index is 135. The quantitative estimate of drug-likeness (QED) is 0.433. The summed E-state index contributed by atoms with van der Waals surface area (Å²) in [4.78, 5) is 0. The molecule has 0 aliphatic heterocycles. The van der Waals surface area contributed by atoms with Crippen molar-refractivity contribution in [3.05, 3.63) is 12.2 Å². The fourth-order valence-electron chi connectivity index (χ4n) is 2.32. The van der Waals surface area contributed by atoms with Gasteiger partial charge in [0.15, 0.2) is 0 Å². The Kier molecular flexibility index (Phi) is 1.14. The van der Waals surface area contributed by atoms with Gasteiger partial charge in [0.05, 0.1) is 0 Å². The van der Waals surface area contributed by atoms with Gasteiger partial charge in [0, 0.05) is 0 Å². The van der Waals surface area contributed by atoms with Crippen molar-refractivity contribution in [1.29, 1.82) is 0 Å². The maximum absolute atomic E-state index is 2.42. The molecule has 0 aromatic carbocycles. The lowest BCUT2D eigenvalue weighted by Gasteiger charge is -2.11. The largest absolute Gasteiger partial charge is 0.0880 e. The molecule has 3 atom stereocenters. The van der Waals surface area contributed by atoms with Gasteiger partial charge in [-0.25, -0.2) is 0 Å². The summed E-state index contributed by atoms with van der Waals surface area (Å²) in [6, 6.07) is 0. The molecule has 9 heavy (non-hydrogen) atoms. The van der Waals surface area contributed by atoms with Crippen molar-refractivity contribution >= 4 is 0 Å². The number of fused-ring (bicyclic) bond motifs is 2. The molecule has 50 valence electrons. The summed E-state index contributed by atoms with van der Waals surface area (Å²) in [6.45, 7) is 2.39. The van der Waals surface area contributed by atoms with Crippen molar-refractivity contribution in [2.75, 3.05) is 0 Å². The van der Waals surface area contributed by atoms with E-state index in [1.807, 2.05) is 0 Å². The summed E-state index contributed by atoms with van der Waals surface area (Å²) >= 11 is 0. The van der Waals surface area contributed by atoms with Gasteiger partial charge in [-0.15, -0.1) is 0 Å². The van der Waals surface area contributed by atoms with Crippen LogP contribution < -0.4 is 0 Å². The molecule has 0 N–H and O–H groups in total. The van der Waals surface area contributed by atoms with Gasteiger partial charge in [-0.1, -0.05) is 19.1 Å². The Labute approximate surface area is 57.0 Å². The van der Waals surface area contributed by atoms with Crippen LogP contribution in [0.25, 0.3) is 0 Å². The van der Waals surface area contributed by atoms with E-state index in [2.05, 4.69) is 19.1 Å². The van der Waals surface area contributed by atoms with E-state index < -0.39 is 0 Å². The zero-order valence-electron chi connectivity index (χ0n) is 6.01. The second-order valence-electron chi connectivity index (χ2n) is 3.64. The molecular formula is C9H14. The first kappa shape index (κ1) is 5.52. The minimum atomic E-state index is 0.948. The molecule has 0 radical (unpaired) electrons. The SMILES string of the molecule is CC1CC2CC=CC1C2. The number of hydrogen-bond donors (Lipinski definition) is 0. The monoisotopic (exact) mass is 122 g/mol. The smallest absolute Gasteiger partial charge is 0.0205 e. The van der Waals surface area contributed by atoms with Crippen LogP contribution in [0.5, 0.6) is 0 Å². The molecule has 1 fully saturated rings. The van der Waals surface area contributed by atoms with E-state index in [1.165, 1.54) is 19.3 Å². The minimum Gasteiger partial charge on any atom is -0.0880 e. The lowest BCUT2D eigenvalue weighted by molar-refractivity contribution is 0.503. The van der Waals surface area contributed by atoms with Crippen LogP contribution in [0.4, 0.5) is 0 Å². The van der Waals surface area contributed by atoms with E-state index >= 15 is 0 Å². The third kappa shape index (κ3) is 0.810. The average molecular weight is 122 g/mol. The van der Waals surface area contributed by atoms with Crippen molar-refractivity contribution in [2.24, 2.45) is 17.8 Å². The summed E-state index contributed by atoms with van der Waals surface area (Å²) < 4.78 is 0. The third-order valence-corrected chi connectivity index (χ3v) is 2.89. The summed E-state index contributed by atoms with van der Waals surface area (Å²) in [5.74, 6) is 2.98. The maximum atomic E-state index is 2.42. The Balaban J connectivity index is 2.18. The molecule has 0 saturated heterocycles. The lowest BCUT2D eigenvalue weighted by Crippen LogP contribution is -2.00. The average Bonchev–Trinajstić information content (AvgIpc) is 2.09. The highest BCUT2D eigenvalue weighted by Crippen LogP contribution is 2.41. The molecule has 0 heteroatoms. The van der Waals surface area contributed by atoms with Crippen molar-refractivity contribution in [2.45, 2.75) is 26.2 Å². The van der Waals surface area contributed by atoms with E-state index in [0.717, 1.165) is 17.8 Å². The van der Waals surface area contributed by atoms with Gasteiger partial charge in [-0.2, -0.15) is 0 Å². The standard InChI is InChI=1S/C9H14/c1-7-5-8-3-2-4-9(7)6-8/h2,4,7-9H,3,5-6H2,1H3. The van der Waals surface area contributed by atoms with Crippen LogP contribution in [0.1, 0.15) is 26.2 Å². The first-order chi connectivity index (χ1) is 4.36. The Hall–Kier alpha value is -0.260. The molecule has 2 bridgehead atoms. The third-order valence-electron chi connectivity index (χ3n) is 2.89. The molecular weight excluding hydrogens is 108 g/mol. The highest BCUT2D eigenvalue weighted by Gasteiger charge is 2.30. The molecule has 0 amide bonds. The highest BCUT2D eigenvalue weighted by molar-refractivity contribution is 5.02. The van der Waals surface area contributed by atoms with E-state index in [4.69, 9.17) is 0 Å². The first-order valence-corrected chi connectivity index (χ1v) is 4.03. The van der Waals surface area contributed by atoms with Crippen molar-refractivity contribution in [3.8, 4) is 0 Å². The zero-order valence-corrected chi connectivity index (χ0v) is 6.01. The van der Waals surface area contributed by atoms with Crippen molar-refractivity contribution in [3.63, 3.8) is 0 Å². The van der Waals surface area contributed by atoms with E-state index in [-0.39, 0.29) is 0 Å². The topological polar surface area (TPSA) is 0 Å². The van der Waals surface area contributed by atoms with Crippen molar-refractivity contribution < 1.29 is 0 Å². The molecule has 0 nitrogen and oxygen atoms in total. The van der Waals surface area contributed by atoms with Crippen LogP contribution in [-0.4, -0.2) is 0 Å². The fourth-order valence-corrected chi connectivity index (χ4v) is 2.32. The van der Waals surface area contributed by atoms with Crippen LogP contribution in [-0.2, 0) is 0 Å². The Morgan fingerprint density at radius 2 is 2.22 bits per heavy atom. The highest BCUT2D eigenvalue weighted by atomic mass is 14.4. The van der Waals surface area contributed by atoms with Gasteiger partial charge in [-0.05, 0) is 37.0 Å². The van der Waals surface area contributed by atoms with Gasteiger partial charge in [0.2, 0.25) is 0 Å². The van der Waals surface area contributed by atoms with E-state index in [0.29, 0.717) is 0 Å². The summed E-state index contributed by atoms with van der Waals surface area (Å²) in [7, 11) is 0. The van der Waals surface area contributed by atoms with E-state index in [1.54, 1.807) is 0 Å².